The second-order valence-corrected chi connectivity index (χ2v) is 13.4. The Morgan fingerprint density at radius 1 is 1.09 bits per heavy atom. The molecule has 1 aliphatic heterocycles. The molecule has 9 heteroatoms. The Bertz CT molecular complexity index is 1740. The van der Waals surface area contributed by atoms with Crippen LogP contribution in [-0.2, 0) is 16.3 Å². The number of halogens is 1. The number of Topliss-reactive ketones (excluding diaryl/α,β-unsaturated/α-hetero) is 1. The van der Waals surface area contributed by atoms with Crippen LogP contribution < -0.4 is 10.6 Å². The lowest BCUT2D eigenvalue weighted by atomic mass is 9.68. The minimum absolute atomic E-state index is 0.0851. The van der Waals surface area contributed by atoms with E-state index in [4.69, 9.17) is 17.3 Å². The van der Waals surface area contributed by atoms with E-state index in [0.29, 0.717) is 24.1 Å². The number of carbonyl (C=O) groups is 1. The van der Waals surface area contributed by atoms with Crippen molar-refractivity contribution in [1.82, 2.24) is 0 Å². The van der Waals surface area contributed by atoms with Crippen molar-refractivity contribution in [2.45, 2.75) is 58.0 Å². The molecule has 0 radical (unpaired) electrons. The zero-order valence-electron chi connectivity index (χ0n) is 24.6. The zero-order valence-corrected chi connectivity index (χ0v) is 26.2. The number of hydrogen-bond acceptors (Lipinski definition) is 7. The van der Waals surface area contributed by atoms with Crippen molar-refractivity contribution in [2.75, 3.05) is 4.90 Å². The number of nitro groups is 1. The molecule has 43 heavy (non-hydrogen) atoms. The lowest BCUT2D eigenvalue weighted by Crippen LogP contribution is -2.42. The van der Waals surface area contributed by atoms with Gasteiger partial charge in [0.05, 0.1) is 22.5 Å². The minimum atomic E-state index is -0.676. The molecule has 220 valence electrons. The van der Waals surface area contributed by atoms with Crippen LogP contribution in [0.2, 0.25) is 5.02 Å². The number of aryl methyl sites for hydroxylation is 2. The highest BCUT2D eigenvalue weighted by atomic mass is 35.5. The van der Waals surface area contributed by atoms with Crippen molar-refractivity contribution in [3.63, 3.8) is 0 Å². The Kier molecular flexibility index (Phi) is 8.42. The summed E-state index contributed by atoms with van der Waals surface area (Å²) in [6, 6.07) is 21.1. The molecule has 5 rings (SSSR count). The lowest BCUT2D eigenvalue weighted by Gasteiger charge is -2.43. The molecule has 0 amide bonds. The van der Waals surface area contributed by atoms with Crippen LogP contribution in [0.3, 0.4) is 0 Å². The first-order valence-electron chi connectivity index (χ1n) is 14.0. The number of nitro benzene ring substituents is 1. The predicted octanol–water partition coefficient (Wildman–Crippen LogP) is 8.24. The second kappa shape index (κ2) is 11.9. The van der Waals surface area contributed by atoms with E-state index in [1.165, 1.54) is 22.6 Å². The summed E-state index contributed by atoms with van der Waals surface area (Å²) in [7, 11) is 0. The molecule has 0 spiro atoms. The van der Waals surface area contributed by atoms with E-state index in [2.05, 4.69) is 37.3 Å². The monoisotopic (exact) mass is 612 g/mol. The molecule has 0 saturated carbocycles. The number of rotatable bonds is 7. The first kappa shape index (κ1) is 30.4. The van der Waals surface area contributed by atoms with Crippen molar-refractivity contribution >= 4 is 40.5 Å². The highest BCUT2D eigenvalue weighted by molar-refractivity contribution is 7.97. The van der Waals surface area contributed by atoms with Crippen molar-refractivity contribution in [3.05, 3.63) is 126 Å². The molecule has 1 atom stereocenters. The van der Waals surface area contributed by atoms with Gasteiger partial charge in [-0.05, 0) is 65.6 Å². The van der Waals surface area contributed by atoms with Gasteiger partial charge < -0.3 is 5.73 Å². The molecule has 3 aromatic carbocycles. The number of ketones is 1. The van der Waals surface area contributed by atoms with Crippen molar-refractivity contribution in [1.29, 1.82) is 5.26 Å². The number of allylic oxidation sites excluding steroid dienone is 3. The predicted molar refractivity (Wildman–Crippen MR) is 173 cm³/mol. The second-order valence-electron chi connectivity index (χ2n) is 12.0. The summed E-state index contributed by atoms with van der Waals surface area (Å²) in [5, 5.41) is 22.9. The topological polar surface area (TPSA) is 113 Å². The maximum Gasteiger partial charge on any atom is 0.294 e. The normalized spacial score (nSPS) is 18.0. The number of nitrogens with zero attached hydrogens (tertiary/aromatic N) is 3. The summed E-state index contributed by atoms with van der Waals surface area (Å²) in [4.78, 5) is 27.2. The van der Waals surface area contributed by atoms with Gasteiger partial charge in [-0.15, -0.1) is 0 Å². The van der Waals surface area contributed by atoms with Crippen LogP contribution in [0.1, 0.15) is 60.4 Å². The fourth-order valence-electron chi connectivity index (χ4n) is 6.16. The molecule has 3 aromatic rings. The molecule has 0 bridgehead atoms. The molecule has 7 nitrogen and oxygen atoms in total. The number of nitrogens with two attached hydrogens (primary N) is 1. The number of benzene rings is 3. The van der Waals surface area contributed by atoms with Gasteiger partial charge in [-0.2, -0.15) is 17.0 Å². The molecule has 1 heterocycles. The van der Waals surface area contributed by atoms with Crippen LogP contribution in [-0.4, -0.2) is 10.7 Å². The highest BCUT2D eigenvalue weighted by Gasteiger charge is 2.46. The first-order chi connectivity index (χ1) is 20.4. The summed E-state index contributed by atoms with van der Waals surface area (Å²) in [5.41, 5.74) is 12.9. The summed E-state index contributed by atoms with van der Waals surface area (Å²) in [6.07, 6.45) is 0.747. The molecular weight excluding hydrogens is 580 g/mol. The van der Waals surface area contributed by atoms with E-state index in [1.807, 2.05) is 39.0 Å². The van der Waals surface area contributed by atoms with Gasteiger partial charge in [0.25, 0.3) is 5.69 Å². The molecule has 0 fully saturated rings. The largest absolute Gasteiger partial charge is 0.384 e. The SMILES string of the molecule is Cc1cc(C)c(C2C(C#N)=C(N)N(c3ccc(Cl)cc3[N+](=O)[O-])C3=C2C(=O)CC(C)(C)C3)cc1CSCc1ccccc1. The lowest BCUT2D eigenvalue weighted by molar-refractivity contribution is -0.384. The van der Waals surface area contributed by atoms with E-state index in [1.54, 1.807) is 17.8 Å². The number of anilines is 1. The number of hydrogen-bond donors (Lipinski definition) is 1. The first-order valence-corrected chi connectivity index (χ1v) is 15.6. The smallest absolute Gasteiger partial charge is 0.294 e. The van der Waals surface area contributed by atoms with Crippen LogP contribution in [0.5, 0.6) is 0 Å². The van der Waals surface area contributed by atoms with Crippen molar-refractivity contribution < 1.29 is 9.72 Å². The third-order valence-electron chi connectivity index (χ3n) is 8.16. The van der Waals surface area contributed by atoms with E-state index in [-0.39, 0.29) is 33.6 Å². The van der Waals surface area contributed by atoms with Crippen LogP contribution >= 0.6 is 23.4 Å². The fourth-order valence-corrected chi connectivity index (χ4v) is 7.39. The Balaban J connectivity index is 1.66. The molecule has 2 aliphatic rings. The van der Waals surface area contributed by atoms with Gasteiger partial charge in [0, 0.05) is 40.3 Å². The molecule has 0 saturated heterocycles. The summed E-state index contributed by atoms with van der Waals surface area (Å²) >= 11 is 7.94. The van der Waals surface area contributed by atoms with Gasteiger partial charge in [0.2, 0.25) is 0 Å². The average molecular weight is 613 g/mol. The zero-order chi connectivity index (χ0) is 31.1. The van der Waals surface area contributed by atoms with Gasteiger partial charge in [-0.1, -0.05) is 67.9 Å². The molecule has 0 aromatic heterocycles. The Morgan fingerprint density at radius 3 is 2.49 bits per heavy atom. The maximum atomic E-state index is 14.0. The van der Waals surface area contributed by atoms with Gasteiger partial charge in [-0.3, -0.25) is 19.8 Å². The van der Waals surface area contributed by atoms with Gasteiger partial charge in [-0.25, -0.2) is 0 Å². The highest BCUT2D eigenvalue weighted by Crippen LogP contribution is 2.52. The summed E-state index contributed by atoms with van der Waals surface area (Å²) in [6.45, 7) is 8.06. The van der Waals surface area contributed by atoms with Crippen LogP contribution in [0.25, 0.3) is 0 Å². The number of nitriles is 1. The van der Waals surface area contributed by atoms with Gasteiger partial charge >= 0.3 is 0 Å². The molecule has 1 unspecified atom stereocenters. The van der Waals surface area contributed by atoms with E-state index in [0.717, 1.165) is 33.8 Å². The number of carbonyl (C=O) groups excluding carboxylic acids is 1. The maximum absolute atomic E-state index is 14.0. The van der Waals surface area contributed by atoms with Crippen LogP contribution in [0.4, 0.5) is 11.4 Å². The molecular formula is C34H33ClN4O3S. The van der Waals surface area contributed by atoms with E-state index >= 15 is 0 Å². The molecule has 1 aliphatic carbocycles. The fraction of sp³-hybridized carbons (Fsp3) is 0.294. The Labute approximate surface area is 261 Å². The molecule has 2 N–H and O–H groups in total. The Hall–Kier alpha value is -4.06. The average Bonchev–Trinajstić information content (AvgIpc) is 2.94. The third kappa shape index (κ3) is 5.93. The van der Waals surface area contributed by atoms with E-state index < -0.39 is 16.3 Å². The van der Waals surface area contributed by atoms with Crippen molar-refractivity contribution in [3.8, 4) is 6.07 Å². The standard InChI is InChI=1S/C34H33ClN4O3S/c1-20-12-21(2)25(13-23(20)19-43-18-22-8-6-5-7-9-22)31-26(17-36)33(37)38(27-11-10-24(35)14-28(27)39(41)42)29-15-34(3,4)16-30(40)32(29)31/h5-14,31H,15-16,18-19,37H2,1-4H3. The van der Waals surface area contributed by atoms with E-state index in [9.17, 15) is 20.2 Å². The minimum Gasteiger partial charge on any atom is -0.384 e. The van der Waals surface area contributed by atoms with Crippen LogP contribution in [0, 0.1) is 40.7 Å². The summed E-state index contributed by atoms with van der Waals surface area (Å²) in [5.74, 6) is 0.948. The third-order valence-corrected chi connectivity index (χ3v) is 9.45. The Morgan fingerprint density at radius 2 is 1.81 bits per heavy atom. The van der Waals surface area contributed by atoms with Crippen LogP contribution in [0.15, 0.2) is 83.3 Å². The van der Waals surface area contributed by atoms with Gasteiger partial charge in [0.15, 0.2) is 5.78 Å². The number of thioether (sulfide) groups is 1. The van der Waals surface area contributed by atoms with Gasteiger partial charge in [0.1, 0.15) is 11.5 Å². The quantitative estimate of drug-likeness (QED) is 0.211. The summed E-state index contributed by atoms with van der Waals surface area (Å²) < 4.78 is 0. The van der Waals surface area contributed by atoms with Crippen molar-refractivity contribution in [2.24, 2.45) is 11.1 Å².